The summed E-state index contributed by atoms with van der Waals surface area (Å²) in [5, 5.41) is 8.51. The summed E-state index contributed by atoms with van der Waals surface area (Å²) in [4.78, 5) is 14.9. The molecule has 15 heavy (non-hydrogen) atoms. The van der Waals surface area contributed by atoms with Crippen molar-refractivity contribution in [3.63, 3.8) is 0 Å². The molecule has 1 aromatic rings. The van der Waals surface area contributed by atoms with Gasteiger partial charge >= 0.3 is 5.97 Å². The highest BCUT2D eigenvalue weighted by Gasteiger charge is 2.07. The number of hydrogen-bond donors (Lipinski definition) is 0. The van der Waals surface area contributed by atoms with Crippen LogP contribution < -0.4 is 0 Å². The van der Waals surface area contributed by atoms with Crippen molar-refractivity contribution in [3.8, 4) is 6.07 Å². The van der Waals surface area contributed by atoms with Gasteiger partial charge in [-0.25, -0.2) is 9.78 Å². The predicted octanol–water partition coefficient (Wildman–Crippen LogP) is 2.16. The van der Waals surface area contributed by atoms with E-state index in [1.807, 2.05) is 19.9 Å². The summed E-state index contributed by atoms with van der Waals surface area (Å²) in [5.41, 5.74) is 0.381. The zero-order valence-corrected chi connectivity index (χ0v) is 9.15. The molecule has 0 aromatic carbocycles. The summed E-state index contributed by atoms with van der Waals surface area (Å²) in [6.07, 6.45) is 0. The number of carbonyl (C=O) groups excluding carboxylic acids is 1. The van der Waals surface area contributed by atoms with Crippen molar-refractivity contribution < 1.29 is 9.53 Å². The quantitative estimate of drug-likeness (QED) is 0.695. The molecule has 0 fully saturated rings. The fourth-order valence-electron chi connectivity index (χ4n) is 0.816. The Kier molecular flexibility index (Phi) is 6.56. The van der Waals surface area contributed by atoms with Gasteiger partial charge in [0.05, 0.1) is 6.61 Å². The largest absolute Gasteiger partial charge is 0.461 e. The third-order valence-electron chi connectivity index (χ3n) is 1.35. The maximum atomic E-state index is 11.1. The number of aromatic nitrogens is 1. The number of pyridine rings is 1. The van der Waals surface area contributed by atoms with Gasteiger partial charge in [0.2, 0.25) is 0 Å². The van der Waals surface area contributed by atoms with Gasteiger partial charge in [0, 0.05) is 0 Å². The molecule has 4 heteroatoms. The normalized spacial score (nSPS) is 8.13. The van der Waals surface area contributed by atoms with Crippen LogP contribution in [0.2, 0.25) is 0 Å². The van der Waals surface area contributed by atoms with Crippen molar-refractivity contribution in [3.05, 3.63) is 29.6 Å². The summed E-state index contributed by atoms with van der Waals surface area (Å²) in [6, 6.07) is 6.48. The van der Waals surface area contributed by atoms with E-state index in [0.29, 0.717) is 6.61 Å². The molecular weight excluding hydrogens is 192 g/mol. The minimum atomic E-state index is -0.500. The third-order valence-corrected chi connectivity index (χ3v) is 1.35. The molecule has 0 unspecified atom stereocenters. The third kappa shape index (κ3) is 4.23. The Labute approximate surface area is 89.5 Å². The molecule has 0 bridgehead atoms. The first-order valence-corrected chi connectivity index (χ1v) is 4.82. The van der Waals surface area contributed by atoms with E-state index >= 15 is 0 Å². The summed E-state index contributed by atoms with van der Waals surface area (Å²) >= 11 is 0. The van der Waals surface area contributed by atoms with Gasteiger partial charge in [-0.05, 0) is 19.1 Å². The maximum Gasteiger partial charge on any atom is 0.356 e. The van der Waals surface area contributed by atoms with Crippen molar-refractivity contribution in [2.24, 2.45) is 0 Å². The first-order chi connectivity index (χ1) is 7.27. The number of hydrogen-bond acceptors (Lipinski definition) is 4. The minimum Gasteiger partial charge on any atom is -0.461 e. The molecule has 0 spiro atoms. The first-order valence-electron chi connectivity index (χ1n) is 4.82. The van der Waals surface area contributed by atoms with Crippen molar-refractivity contribution in [2.75, 3.05) is 6.61 Å². The van der Waals surface area contributed by atoms with E-state index in [1.54, 1.807) is 13.0 Å². The fraction of sp³-hybridized carbons (Fsp3) is 0.364. The molecule has 0 N–H and O–H groups in total. The molecule has 1 rings (SSSR count). The molecule has 0 atom stereocenters. The molecule has 0 radical (unpaired) electrons. The second-order valence-corrected chi connectivity index (χ2v) is 2.24. The molecule has 1 heterocycles. The van der Waals surface area contributed by atoms with E-state index in [-0.39, 0.29) is 11.4 Å². The second kappa shape index (κ2) is 7.51. The molecular formula is C11H14N2O2. The van der Waals surface area contributed by atoms with E-state index in [1.165, 1.54) is 12.1 Å². The molecule has 0 aliphatic heterocycles. The minimum absolute atomic E-state index is 0.168. The van der Waals surface area contributed by atoms with Gasteiger partial charge in [0.15, 0.2) is 0 Å². The highest BCUT2D eigenvalue weighted by molar-refractivity contribution is 5.87. The van der Waals surface area contributed by atoms with Gasteiger partial charge in [-0.1, -0.05) is 19.9 Å². The average Bonchev–Trinajstić information content (AvgIpc) is 2.32. The SMILES string of the molecule is CC.CCOC(=O)c1cccc(C#N)n1. The average molecular weight is 206 g/mol. The van der Waals surface area contributed by atoms with Gasteiger partial charge in [0.25, 0.3) is 0 Å². The number of carbonyl (C=O) groups is 1. The van der Waals surface area contributed by atoms with Crippen molar-refractivity contribution >= 4 is 5.97 Å². The molecule has 0 saturated heterocycles. The Morgan fingerprint density at radius 3 is 2.73 bits per heavy atom. The van der Waals surface area contributed by atoms with Crippen LogP contribution in [0.1, 0.15) is 37.0 Å². The van der Waals surface area contributed by atoms with Crippen LogP contribution in [0.15, 0.2) is 18.2 Å². The van der Waals surface area contributed by atoms with Crippen LogP contribution >= 0.6 is 0 Å². The Morgan fingerprint density at radius 2 is 2.20 bits per heavy atom. The van der Waals surface area contributed by atoms with Gasteiger partial charge in [-0.15, -0.1) is 0 Å². The van der Waals surface area contributed by atoms with E-state index in [2.05, 4.69) is 4.98 Å². The molecule has 1 aromatic heterocycles. The highest BCUT2D eigenvalue weighted by atomic mass is 16.5. The number of nitriles is 1. The molecule has 80 valence electrons. The molecule has 4 nitrogen and oxygen atoms in total. The van der Waals surface area contributed by atoms with Crippen LogP contribution in [0, 0.1) is 11.3 Å². The fourth-order valence-corrected chi connectivity index (χ4v) is 0.816. The van der Waals surface area contributed by atoms with Gasteiger partial charge in [0.1, 0.15) is 17.5 Å². The summed E-state index contributed by atoms with van der Waals surface area (Å²) in [5.74, 6) is -0.500. The van der Waals surface area contributed by atoms with E-state index < -0.39 is 5.97 Å². The van der Waals surface area contributed by atoms with E-state index in [4.69, 9.17) is 10.00 Å². The second-order valence-electron chi connectivity index (χ2n) is 2.24. The van der Waals surface area contributed by atoms with Crippen LogP contribution in [-0.2, 0) is 4.74 Å². The lowest BCUT2D eigenvalue weighted by atomic mass is 10.3. The van der Waals surface area contributed by atoms with E-state index in [0.717, 1.165) is 0 Å². The van der Waals surface area contributed by atoms with Crippen LogP contribution in [0.5, 0.6) is 0 Å². The Balaban J connectivity index is 0.000000921. The highest BCUT2D eigenvalue weighted by Crippen LogP contribution is 2.00. The Morgan fingerprint density at radius 1 is 1.53 bits per heavy atom. The van der Waals surface area contributed by atoms with Crippen LogP contribution in [0.3, 0.4) is 0 Å². The topological polar surface area (TPSA) is 63.0 Å². The van der Waals surface area contributed by atoms with Crippen molar-refractivity contribution in [1.82, 2.24) is 4.98 Å². The van der Waals surface area contributed by atoms with Crippen LogP contribution in [0.4, 0.5) is 0 Å². The molecule has 0 aliphatic carbocycles. The van der Waals surface area contributed by atoms with Crippen molar-refractivity contribution in [1.29, 1.82) is 5.26 Å². The summed E-state index contributed by atoms with van der Waals surface area (Å²) < 4.78 is 4.72. The Hall–Kier alpha value is -1.89. The van der Waals surface area contributed by atoms with Crippen LogP contribution in [-0.4, -0.2) is 17.6 Å². The number of rotatable bonds is 2. The van der Waals surface area contributed by atoms with Crippen molar-refractivity contribution in [2.45, 2.75) is 20.8 Å². The van der Waals surface area contributed by atoms with Gasteiger partial charge in [-0.3, -0.25) is 0 Å². The zero-order valence-electron chi connectivity index (χ0n) is 9.15. The summed E-state index contributed by atoms with van der Waals surface area (Å²) in [7, 11) is 0. The Bertz CT molecular complexity index is 356. The predicted molar refractivity (Wildman–Crippen MR) is 56.3 cm³/mol. The number of nitrogens with zero attached hydrogens (tertiary/aromatic N) is 2. The number of esters is 1. The lowest BCUT2D eigenvalue weighted by molar-refractivity contribution is 0.0519. The first kappa shape index (κ1) is 13.1. The standard InChI is InChI=1S/C9H8N2O2.C2H6/c1-2-13-9(12)8-5-3-4-7(6-10)11-8;1-2/h3-5H,2H2,1H3;1-2H3. The zero-order chi connectivity index (χ0) is 11.7. The van der Waals surface area contributed by atoms with Gasteiger partial charge < -0.3 is 4.74 Å². The summed E-state index contributed by atoms with van der Waals surface area (Å²) in [6.45, 7) is 6.02. The lowest BCUT2D eigenvalue weighted by Gasteiger charge is -1.99. The number of ether oxygens (including phenoxy) is 1. The smallest absolute Gasteiger partial charge is 0.356 e. The van der Waals surface area contributed by atoms with Crippen LogP contribution in [0.25, 0.3) is 0 Å². The molecule has 0 aliphatic rings. The van der Waals surface area contributed by atoms with E-state index in [9.17, 15) is 4.79 Å². The molecule has 0 amide bonds. The maximum absolute atomic E-state index is 11.1. The lowest BCUT2D eigenvalue weighted by Crippen LogP contribution is -2.07. The monoisotopic (exact) mass is 206 g/mol. The molecule has 0 saturated carbocycles. The van der Waals surface area contributed by atoms with Gasteiger partial charge in [-0.2, -0.15) is 5.26 Å².